The summed E-state index contributed by atoms with van der Waals surface area (Å²) in [6.45, 7) is 5.52. The Labute approximate surface area is 185 Å². The molecule has 1 amide bonds. The van der Waals surface area contributed by atoms with Gasteiger partial charge in [-0.2, -0.15) is 4.98 Å². The predicted molar refractivity (Wildman–Crippen MR) is 122 cm³/mol. The van der Waals surface area contributed by atoms with Gasteiger partial charge in [-0.05, 0) is 50.2 Å². The Bertz CT molecular complexity index is 1250. The molecule has 0 radical (unpaired) electrons. The first kappa shape index (κ1) is 20.1. The zero-order valence-electron chi connectivity index (χ0n) is 17.9. The molecule has 1 aliphatic rings. The highest BCUT2D eigenvalue weighted by molar-refractivity contribution is 6.03. The molecule has 162 valence electrons. The summed E-state index contributed by atoms with van der Waals surface area (Å²) in [5, 5.41) is 2.90. The monoisotopic (exact) mass is 429 g/mol. The zero-order valence-corrected chi connectivity index (χ0v) is 17.9. The van der Waals surface area contributed by atoms with Crippen molar-refractivity contribution in [3.8, 4) is 11.3 Å². The molecule has 2 atom stereocenters. The van der Waals surface area contributed by atoms with Crippen LogP contribution in [-0.4, -0.2) is 46.2 Å². The number of benzene rings is 1. The van der Waals surface area contributed by atoms with Crippen LogP contribution in [0.5, 0.6) is 0 Å². The number of nitrogens with zero attached hydrogens (tertiary/aromatic N) is 4. The molecule has 4 aromatic rings. The molecule has 1 fully saturated rings. The van der Waals surface area contributed by atoms with Crippen LogP contribution in [0.2, 0.25) is 0 Å². The van der Waals surface area contributed by atoms with Crippen molar-refractivity contribution in [3.05, 3.63) is 66.6 Å². The molecule has 8 nitrogen and oxygen atoms in total. The summed E-state index contributed by atoms with van der Waals surface area (Å²) in [6, 6.07) is 15.1. The fraction of sp³-hybridized carbons (Fsp3) is 0.250. The van der Waals surface area contributed by atoms with Crippen LogP contribution in [0.4, 0.5) is 11.7 Å². The van der Waals surface area contributed by atoms with Crippen molar-refractivity contribution in [3.63, 3.8) is 0 Å². The van der Waals surface area contributed by atoms with E-state index in [2.05, 4.69) is 25.2 Å². The summed E-state index contributed by atoms with van der Waals surface area (Å²) in [6.07, 6.45) is 3.61. The number of morpholine rings is 1. The third-order valence-corrected chi connectivity index (χ3v) is 5.28. The van der Waals surface area contributed by atoms with Crippen molar-refractivity contribution >= 4 is 28.7 Å². The van der Waals surface area contributed by atoms with Crippen LogP contribution in [0, 0.1) is 0 Å². The van der Waals surface area contributed by atoms with Gasteiger partial charge in [-0.3, -0.25) is 9.78 Å². The van der Waals surface area contributed by atoms with Crippen LogP contribution in [-0.2, 0) is 4.74 Å². The van der Waals surface area contributed by atoms with E-state index in [4.69, 9.17) is 9.15 Å². The molecule has 0 spiro atoms. The second kappa shape index (κ2) is 8.39. The molecule has 0 saturated carbocycles. The lowest BCUT2D eigenvalue weighted by atomic mass is 10.1. The van der Waals surface area contributed by atoms with Gasteiger partial charge in [-0.15, -0.1) is 0 Å². The fourth-order valence-corrected chi connectivity index (χ4v) is 3.90. The number of ether oxygens (including phenoxy) is 1. The highest BCUT2D eigenvalue weighted by Crippen LogP contribution is 2.27. The van der Waals surface area contributed by atoms with Crippen molar-refractivity contribution in [2.45, 2.75) is 26.1 Å². The largest absolute Gasteiger partial charge is 0.423 e. The Hall–Kier alpha value is -3.78. The number of anilines is 2. The van der Waals surface area contributed by atoms with Crippen molar-refractivity contribution < 1.29 is 13.9 Å². The summed E-state index contributed by atoms with van der Waals surface area (Å²) in [5.74, 6) is -0.296. The van der Waals surface area contributed by atoms with Crippen LogP contribution in [0.1, 0.15) is 24.3 Å². The Morgan fingerprint density at radius 1 is 1.03 bits per heavy atom. The van der Waals surface area contributed by atoms with Gasteiger partial charge in [0.2, 0.25) is 0 Å². The molecule has 2 unspecified atom stereocenters. The number of carbonyl (C=O) groups is 1. The van der Waals surface area contributed by atoms with E-state index < -0.39 is 0 Å². The van der Waals surface area contributed by atoms with E-state index in [1.807, 2.05) is 50.2 Å². The first-order valence-corrected chi connectivity index (χ1v) is 10.5. The van der Waals surface area contributed by atoms with E-state index in [0.29, 0.717) is 28.7 Å². The number of amides is 1. The second-order valence-electron chi connectivity index (χ2n) is 7.94. The van der Waals surface area contributed by atoms with Crippen LogP contribution in [0.25, 0.3) is 22.4 Å². The molecule has 8 heteroatoms. The molecule has 0 aliphatic carbocycles. The maximum atomic E-state index is 12.8. The Kier molecular flexibility index (Phi) is 5.28. The second-order valence-corrected chi connectivity index (χ2v) is 7.94. The van der Waals surface area contributed by atoms with E-state index >= 15 is 0 Å². The van der Waals surface area contributed by atoms with Gasteiger partial charge in [-0.25, -0.2) is 4.98 Å². The number of pyridine rings is 2. The van der Waals surface area contributed by atoms with Gasteiger partial charge in [-0.1, -0.05) is 6.07 Å². The summed E-state index contributed by atoms with van der Waals surface area (Å²) >= 11 is 0. The molecule has 0 bridgehead atoms. The highest BCUT2D eigenvalue weighted by atomic mass is 16.5. The minimum absolute atomic E-state index is 0.110. The Morgan fingerprint density at radius 2 is 1.81 bits per heavy atom. The minimum atomic E-state index is -0.296. The first-order valence-electron chi connectivity index (χ1n) is 10.5. The van der Waals surface area contributed by atoms with Crippen molar-refractivity contribution in [2.75, 3.05) is 23.3 Å². The molecule has 32 heavy (non-hydrogen) atoms. The number of aromatic nitrogens is 3. The summed E-state index contributed by atoms with van der Waals surface area (Å²) in [7, 11) is 0. The van der Waals surface area contributed by atoms with E-state index in [1.54, 1.807) is 24.5 Å². The van der Waals surface area contributed by atoms with E-state index in [0.717, 1.165) is 24.2 Å². The van der Waals surface area contributed by atoms with Crippen molar-refractivity contribution in [1.29, 1.82) is 0 Å². The lowest BCUT2D eigenvalue weighted by Crippen LogP contribution is -2.45. The molecule has 3 aromatic heterocycles. The van der Waals surface area contributed by atoms with E-state index in [-0.39, 0.29) is 18.1 Å². The summed E-state index contributed by atoms with van der Waals surface area (Å²) < 4.78 is 11.8. The first-order chi connectivity index (χ1) is 15.5. The number of hydrogen-bond acceptors (Lipinski definition) is 7. The van der Waals surface area contributed by atoms with Crippen LogP contribution in [0.15, 0.2) is 65.3 Å². The van der Waals surface area contributed by atoms with Gasteiger partial charge in [0.05, 0.1) is 17.9 Å². The number of hydrogen-bond donors (Lipinski definition) is 1. The quantitative estimate of drug-likeness (QED) is 0.521. The summed E-state index contributed by atoms with van der Waals surface area (Å²) in [5.41, 5.74) is 3.91. The predicted octanol–water partition coefficient (Wildman–Crippen LogP) is 4.15. The van der Waals surface area contributed by atoms with Gasteiger partial charge >= 0.3 is 0 Å². The van der Waals surface area contributed by atoms with Gasteiger partial charge in [0.25, 0.3) is 11.9 Å². The van der Waals surface area contributed by atoms with Gasteiger partial charge in [0, 0.05) is 42.8 Å². The number of nitrogens with one attached hydrogen (secondary N) is 1. The average molecular weight is 429 g/mol. The number of carbonyl (C=O) groups excluding carboxylic acids is 1. The lowest BCUT2D eigenvalue weighted by Gasteiger charge is -2.34. The SMILES string of the molecule is CC1CN(c2nc3ccc(NC(=O)c4cccc(-c5ccncc5)n4)cc3o2)CC(C)O1. The lowest BCUT2D eigenvalue weighted by molar-refractivity contribution is -0.00662. The van der Waals surface area contributed by atoms with Crippen molar-refractivity contribution in [1.82, 2.24) is 15.0 Å². The molecule has 5 rings (SSSR count). The molecule has 1 aromatic carbocycles. The summed E-state index contributed by atoms with van der Waals surface area (Å²) in [4.78, 5) is 28.0. The minimum Gasteiger partial charge on any atom is -0.423 e. The van der Waals surface area contributed by atoms with Crippen LogP contribution >= 0.6 is 0 Å². The zero-order chi connectivity index (χ0) is 22.1. The topological polar surface area (TPSA) is 93.4 Å². The fourth-order valence-electron chi connectivity index (χ4n) is 3.90. The molecule has 1 saturated heterocycles. The number of fused-ring (bicyclic) bond motifs is 1. The molecule has 4 heterocycles. The van der Waals surface area contributed by atoms with E-state index in [1.165, 1.54) is 0 Å². The number of oxazole rings is 1. The van der Waals surface area contributed by atoms with Gasteiger partial charge in [0.15, 0.2) is 5.58 Å². The number of rotatable bonds is 4. The van der Waals surface area contributed by atoms with Gasteiger partial charge in [0.1, 0.15) is 11.2 Å². The maximum Gasteiger partial charge on any atom is 0.298 e. The van der Waals surface area contributed by atoms with E-state index in [9.17, 15) is 4.79 Å². The standard InChI is InChI=1S/C24H23N5O3/c1-15-13-29(14-16(2)31-15)24-28-20-7-6-18(12-22(20)32-24)26-23(30)21-5-3-4-19(27-21)17-8-10-25-11-9-17/h3-12,15-16H,13-14H2,1-2H3,(H,26,30). The maximum absolute atomic E-state index is 12.8. The molecular formula is C24H23N5O3. The van der Waals surface area contributed by atoms with Crippen molar-refractivity contribution in [2.24, 2.45) is 0 Å². The highest BCUT2D eigenvalue weighted by Gasteiger charge is 2.25. The third-order valence-electron chi connectivity index (χ3n) is 5.28. The third kappa shape index (κ3) is 4.17. The smallest absolute Gasteiger partial charge is 0.298 e. The average Bonchev–Trinajstić information content (AvgIpc) is 3.23. The Balaban J connectivity index is 1.35. The van der Waals surface area contributed by atoms with Crippen LogP contribution in [0.3, 0.4) is 0 Å². The molecule has 1 N–H and O–H groups in total. The molecule has 1 aliphatic heterocycles. The Morgan fingerprint density at radius 3 is 2.59 bits per heavy atom. The molecular weight excluding hydrogens is 406 g/mol. The van der Waals surface area contributed by atoms with Gasteiger partial charge < -0.3 is 19.4 Å². The normalized spacial score (nSPS) is 18.6. The van der Waals surface area contributed by atoms with Crippen LogP contribution < -0.4 is 10.2 Å².